The Morgan fingerprint density at radius 3 is 2.68 bits per heavy atom. The highest BCUT2D eigenvalue weighted by molar-refractivity contribution is 6.03. The molecule has 1 saturated carbocycles. The Hall–Kier alpha value is -4.05. The van der Waals surface area contributed by atoms with E-state index in [1.165, 1.54) is 22.8 Å². The molecule has 3 aliphatic rings. The highest BCUT2D eigenvalue weighted by atomic mass is 19.1. The lowest BCUT2D eigenvalue weighted by Crippen LogP contribution is -2.29. The molecular weight excluding hydrogens is 490 g/mol. The van der Waals surface area contributed by atoms with Crippen LogP contribution in [0.3, 0.4) is 0 Å². The predicted octanol–water partition coefficient (Wildman–Crippen LogP) is 4.03. The van der Waals surface area contributed by atoms with Crippen LogP contribution in [-0.4, -0.2) is 51.4 Å². The summed E-state index contributed by atoms with van der Waals surface area (Å²) in [5.74, 6) is 0.00264. The fourth-order valence-electron chi connectivity index (χ4n) is 5.94. The van der Waals surface area contributed by atoms with Crippen LogP contribution in [0.5, 0.6) is 0 Å². The van der Waals surface area contributed by atoms with Gasteiger partial charge in [-0.15, -0.1) is 5.10 Å². The van der Waals surface area contributed by atoms with E-state index < -0.39 is 11.6 Å². The number of halogens is 2. The Bertz CT molecular complexity index is 1540. The Kier molecular flexibility index (Phi) is 5.33. The maximum absolute atomic E-state index is 14.7. The molecule has 2 aliphatic heterocycles. The third-order valence-corrected chi connectivity index (χ3v) is 7.96. The standard InChI is InChI=1S/C28H26F2N6O2/c29-17-1-6-23(30)22(12-17)27-21-11-16(21)14-35(27)26-8-7-25-31-13-24(36(25)33-26)28(38)32-18-2-4-19(5-3-18)34-10-9-20(37)15-34/h1-8,12-13,16,20-21,27,37H,9-11,14-15H2,(H,32,38)/t16?,20-,21?,27+/m0/s1. The van der Waals surface area contributed by atoms with Crippen LogP contribution >= 0.6 is 0 Å². The van der Waals surface area contributed by atoms with Gasteiger partial charge in [0.05, 0.1) is 18.3 Å². The maximum atomic E-state index is 14.7. The van der Waals surface area contributed by atoms with Gasteiger partial charge in [-0.2, -0.15) is 0 Å². The average molecular weight is 517 g/mol. The number of carbonyl (C=O) groups is 1. The molecule has 10 heteroatoms. The van der Waals surface area contributed by atoms with Crippen molar-refractivity contribution in [3.8, 4) is 0 Å². The first kappa shape index (κ1) is 23.1. The average Bonchev–Trinajstić information content (AvgIpc) is 3.22. The number of aliphatic hydroxyl groups excluding tert-OH is 1. The van der Waals surface area contributed by atoms with E-state index in [0.717, 1.165) is 31.1 Å². The number of hydrogen-bond acceptors (Lipinski definition) is 6. The zero-order valence-corrected chi connectivity index (χ0v) is 20.5. The fourth-order valence-corrected chi connectivity index (χ4v) is 5.94. The molecule has 7 rings (SSSR count). The number of piperidine rings is 1. The topological polar surface area (TPSA) is 86.0 Å². The van der Waals surface area contributed by atoms with Gasteiger partial charge in [-0.1, -0.05) is 0 Å². The number of rotatable bonds is 5. The molecule has 0 radical (unpaired) electrons. The van der Waals surface area contributed by atoms with Crippen LogP contribution in [0.25, 0.3) is 5.65 Å². The highest BCUT2D eigenvalue weighted by Gasteiger charge is 2.54. The van der Waals surface area contributed by atoms with Crippen molar-refractivity contribution >= 4 is 28.7 Å². The van der Waals surface area contributed by atoms with Crippen molar-refractivity contribution in [1.82, 2.24) is 14.6 Å². The third kappa shape index (κ3) is 3.96. The summed E-state index contributed by atoms with van der Waals surface area (Å²) < 4.78 is 30.2. The van der Waals surface area contributed by atoms with E-state index in [0.29, 0.717) is 41.7 Å². The zero-order valence-electron chi connectivity index (χ0n) is 20.5. The van der Waals surface area contributed by atoms with E-state index in [2.05, 4.69) is 15.2 Å². The van der Waals surface area contributed by atoms with Crippen molar-refractivity contribution in [3.05, 3.63) is 83.7 Å². The number of hydrogen-bond donors (Lipinski definition) is 2. The molecule has 2 N–H and O–H groups in total. The number of nitrogens with zero attached hydrogens (tertiary/aromatic N) is 5. The van der Waals surface area contributed by atoms with Crippen LogP contribution < -0.4 is 15.1 Å². The lowest BCUT2D eigenvalue weighted by molar-refractivity contribution is 0.102. The van der Waals surface area contributed by atoms with Crippen molar-refractivity contribution in [2.75, 3.05) is 34.8 Å². The minimum Gasteiger partial charge on any atom is -0.391 e. The number of imidazole rings is 1. The van der Waals surface area contributed by atoms with Gasteiger partial charge in [0, 0.05) is 36.6 Å². The first-order valence-corrected chi connectivity index (χ1v) is 12.9. The molecular formula is C28H26F2N6O2. The Labute approximate surface area is 217 Å². The minimum atomic E-state index is -0.464. The molecule has 3 fully saturated rings. The number of nitrogens with one attached hydrogen (secondary N) is 1. The molecule has 38 heavy (non-hydrogen) atoms. The second-order valence-corrected chi connectivity index (χ2v) is 10.4. The first-order chi connectivity index (χ1) is 18.4. The second-order valence-electron chi connectivity index (χ2n) is 10.4. The molecule has 194 valence electrons. The molecule has 4 heterocycles. The van der Waals surface area contributed by atoms with Crippen molar-refractivity contribution in [3.63, 3.8) is 0 Å². The van der Waals surface area contributed by atoms with Gasteiger partial charge in [0.15, 0.2) is 11.3 Å². The van der Waals surface area contributed by atoms with E-state index in [1.54, 1.807) is 6.07 Å². The van der Waals surface area contributed by atoms with Crippen LogP contribution in [0.15, 0.2) is 60.8 Å². The van der Waals surface area contributed by atoms with E-state index in [4.69, 9.17) is 5.10 Å². The Balaban J connectivity index is 1.14. The summed E-state index contributed by atoms with van der Waals surface area (Å²) in [4.78, 5) is 21.6. The summed E-state index contributed by atoms with van der Waals surface area (Å²) in [6.07, 6.45) is 2.90. The molecule has 4 atom stereocenters. The fraction of sp³-hybridized carbons (Fsp3) is 0.321. The van der Waals surface area contributed by atoms with E-state index in [9.17, 15) is 18.7 Å². The van der Waals surface area contributed by atoms with Crippen LogP contribution in [0.4, 0.5) is 26.0 Å². The van der Waals surface area contributed by atoms with Crippen molar-refractivity contribution in [1.29, 1.82) is 0 Å². The first-order valence-electron chi connectivity index (χ1n) is 12.9. The highest BCUT2D eigenvalue weighted by Crippen LogP contribution is 2.57. The van der Waals surface area contributed by atoms with Crippen molar-refractivity contribution in [2.24, 2.45) is 11.8 Å². The molecule has 0 spiro atoms. The summed E-state index contributed by atoms with van der Waals surface area (Å²) in [6.45, 7) is 2.10. The van der Waals surface area contributed by atoms with Gasteiger partial charge in [-0.25, -0.2) is 18.3 Å². The quantitative estimate of drug-likeness (QED) is 0.417. The van der Waals surface area contributed by atoms with Crippen LogP contribution in [-0.2, 0) is 0 Å². The SMILES string of the molecule is O=C(Nc1ccc(N2CC[C@H](O)C2)cc1)c1cnc2ccc(N3CC4CC4[C@@H]3c3cc(F)ccc3F)nn12. The normalized spacial score (nSPS) is 24.2. The summed E-state index contributed by atoms with van der Waals surface area (Å²) in [6, 6.07) is 14.4. The lowest BCUT2D eigenvalue weighted by Gasteiger charge is -2.29. The number of aromatic nitrogens is 3. The van der Waals surface area contributed by atoms with Gasteiger partial charge in [-0.05, 0) is 79.3 Å². The van der Waals surface area contributed by atoms with Crippen LogP contribution in [0.2, 0.25) is 0 Å². The molecule has 2 saturated heterocycles. The van der Waals surface area contributed by atoms with Crippen molar-refractivity contribution < 1.29 is 18.7 Å². The van der Waals surface area contributed by atoms with E-state index >= 15 is 0 Å². The second kappa shape index (κ2) is 8.76. The van der Waals surface area contributed by atoms with Gasteiger partial charge in [0.1, 0.15) is 17.5 Å². The Morgan fingerprint density at radius 1 is 1.05 bits per heavy atom. The van der Waals surface area contributed by atoms with Crippen LogP contribution in [0, 0.1) is 23.5 Å². The Morgan fingerprint density at radius 2 is 1.89 bits per heavy atom. The molecule has 4 aromatic rings. The van der Waals surface area contributed by atoms with Gasteiger partial charge in [0.25, 0.3) is 5.91 Å². The number of amides is 1. The number of β-amino-alcohol motifs (C(OH)–C–C–N with tert-alkyl or cyclic N) is 1. The molecule has 2 aromatic heterocycles. The molecule has 8 nitrogen and oxygen atoms in total. The van der Waals surface area contributed by atoms with E-state index in [-0.39, 0.29) is 29.7 Å². The van der Waals surface area contributed by atoms with Gasteiger partial charge < -0.3 is 20.2 Å². The zero-order chi connectivity index (χ0) is 26.0. The van der Waals surface area contributed by atoms with Gasteiger partial charge in [0.2, 0.25) is 0 Å². The molecule has 1 amide bonds. The monoisotopic (exact) mass is 516 g/mol. The summed E-state index contributed by atoms with van der Waals surface area (Å²) >= 11 is 0. The number of benzene rings is 2. The smallest absolute Gasteiger partial charge is 0.276 e. The summed E-state index contributed by atoms with van der Waals surface area (Å²) in [5, 5.41) is 17.4. The number of anilines is 3. The lowest BCUT2D eigenvalue weighted by atomic mass is 10.0. The largest absolute Gasteiger partial charge is 0.391 e. The minimum absolute atomic E-state index is 0.251. The molecule has 2 aromatic carbocycles. The van der Waals surface area contributed by atoms with Gasteiger partial charge >= 0.3 is 0 Å². The maximum Gasteiger partial charge on any atom is 0.276 e. The number of aliphatic hydroxyl groups is 1. The third-order valence-electron chi connectivity index (χ3n) is 7.96. The molecule has 2 unspecified atom stereocenters. The predicted molar refractivity (Wildman–Crippen MR) is 138 cm³/mol. The van der Waals surface area contributed by atoms with Gasteiger partial charge in [-0.3, -0.25) is 4.79 Å². The van der Waals surface area contributed by atoms with Crippen molar-refractivity contribution in [2.45, 2.75) is 25.0 Å². The summed E-state index contributed by atoms with van der Waals surface area (Å²) in [7, 11) is 0. The van der Waals surface area contributed by atoms with Crippen LogP contribution in [0.1, 0.15) is 34.9 Å². The van der Waals surface area contributed by atoms with E-state index in [1.807, 2.05) is 35.2 Å². The number of fused-ring (bicyclic) bond motifs is 2. The number of carbonyl (C=O) groups excluding carboxylic acids is 1. The molecule has 0 bridgehead atoms. The summed E-state index contributed by atoms with van der Waals surface area (Å²) in [5.41, 5.74) is 2.75. The molecule has 1 aliphatic carbocycles.